The molecule has 0 fully saturated rings. The van der Waals surface area contributed by atoms with Crippen LogP contribution in [0.3, 0.4) is 0 Å². The summed E-state index contributed by atoms with van der Waals surface area (Å²) in [5.41, 5.74) is 0. The zero-order valence-corrected chi connectivity index (χ0v) is 51.2. The Morgan fingerprint density at radius 1 is 0.269 bits per heavy atom. The Bertz CT molecular complexity index is 1570. The Balaban J connectivity index is 4.10. The molecule has 1 atom stereocenters. The molecule has 0 aromatic heterocycles. The van der Waals surface area contributed by atoms with Crippen LogP contribution in [0, 0.1) is 0 Å². The van der Waals surface area contributed by atoms with Crippen molar-refractivity contribution in [3.05, 3.63) is 109 Å². The van der Waals surface area contributed by atoms with Crippen LogP contribution in [0.25, 0.3) is 0 Å². The van der Waals surface area contributed by atoms with E-state index in [1.54, 1.807) is 0 Å². The molecular formula is C72H122O6. The number of hydrogen-bond donors (Lipinski definition) is 0. The first-order chi connectivity index (χ1) is 38.5. The van der Waals surface area contributed by atoms with Crippen molar-refractivity contribution in [2.24, 2.45) is 0 Å². The van der Waals surface area contributed by atoms with Crippen LogP contribution >= 0.6 is 0 Å². The predicted molar refractivity (Wildman–Crippen MR) is 339 cm³/mol. The summed E-state index contributed by atoms with van der Waals surface area (Å²) < 4.78 is 16.8. The van der Waals surface area contributed by atoms with E-state index in [-0.39, 0.29) is 31.1 Å². The molecule has 6 heteroatoms. The van der Waals surface area contributed by atoms with Gasteiger partial charge >= 0.3 is 17.9 Å². The molecule has 0 saturated heterocycles. The van der Waals surface area contributed by atoms with Crippen LogP contribution in [0.5, 0.6) is 0 Å². The maximum Gasteiger partial charge on any atom is 0.306 e. The van der Waals surface area contributed by atoms with Gasteiger partial charge in [-0.05, 0) is 109 Å². The predicted octanol–water partition coefficient (Wildman–Crippen LogP) is 22.6. The van der Waals surface area contributed by atoms with E-state index in [1.165, 1.54) is 161 Å². The maximum atomic E-state index is 12.8. The molecule has 0 aliphatic rings. The normalized spacial score (nSPS) is 12.8. The summed E-state index contributed by atoms with van der Waals surface area (Å²) in [5, 5.41) is 0. The average Bonchev–Trinajstić information content (AvgIpc) is 3.44. The van der Waals surface area contributed by atoms with Crippen LogP contribution in [0.15, 0.2) is 109 Å². The van der Waals surface area contributed by atoms with Crippen molar-refractivity contribution >= 4 is 17.9 Å². The fourth-order valence-corrected chi connectivity index (χ4v) is 9.10. The van der Waals surface area contributed by atoms with Gasteiger partial charge in [-0.2, -0.15) is 0 Å². The van der Waals surface area contributed by atoms with Gasteiger partial charge in [-0.1, -0.05) is 291 Å². The molecule has 0 rings (SSSR count). The highest BCUT2D eigenvalue weighted by Gasteiger charge is 2.19. The van der Waals surface area contributed by atoms with E-state index in [9.17, 15) is 14.4 Å². The minimum atomic E-state index is -0.779. The second-order valence-electron chi connectivity index (χ2n) is 21.6. The largest absolute Gasteiger partial charge is 0.462 e. The van der Waals surface area contributed by atoms with Crippen molar-refractivity contribution in [1.29, 1.82) is 0 Å². The maximum absolute atomic E-state index is 12.8. The minimum Gasteiger partial charge on any atom is -0.462 e. The molecule has 0 bridgehead atoms. The van der Waals surface area contributed by atoms with Gasteiger partial charge in [0.05, 0.1) is 0 Å². The molecule has 0 heterocycles. The number of esters is 3. The van der Waals surface area contributed by atoms with Crippen molar-refractivity contribution < 1.29 is 28.6 Å². The van der Waals surface area contributed by atoms with Gasteiger partial charge in [0.2, 0.25) is 0 Å². The molecule has 0 aliphatic carbocycles. The molecule has 0 N–H and O–H groups in total. The molecule has 6 nitrogen and oxygen atoms in total. The molecule has 0 saturated carbocycles. The number of allylic oxidation sites excluding steroid dienone is 18. The third-order valence-corrected chi connectivity index (χ3v) is 14.0. The second kappa shape index (κ2) is 65.6. The molecule has 0 radical (unpaired) electrons. The lowest BCUT2D eigenvalue weighted by atomic mass is 10.1. The fraction of sp³-hybridized carbons (Fsp3) is 0.708. The van der Waals surface area contributed by atoms with Crippen LogP contribution in [-0.4, -0.2) is 37.2 Å². The molecule has 0 amide bonds. The Morgan fingerprint density at radius 2 is 0.500 bits per heavy atom. The molecular weight excluding hydrogens is 961 g/mol. The quantitative estimate of drug-likeness (QED) is 0.0261. The Kier molecular flexibility index (Phi) is 62.3. The summed E-state index contributed by atoms with van der Waals surface area (Å²) in [7, 11) is 0. The van der Waals surface area contributed by atoms with Crippen LogP contribution < -0.4 is 0 Å². The highest BCUT2D eigenvalue weighted by Crippen LogP contribution is 2.16. The van der Waals surface area contributed by atoms with Crippen LogP contribution in [-0.2, 0) is 28.6 Å². The van der Waals surface area contributed by atoms with E-state index in [4.69, 9.17) is 14.2 Å². The van der Waals surface area contributed by atoms with E-state index in [0.29, 0.717) is 19.3 Å². The van der Waals surface area contributed by atoms with E-state index in [1.807, 2.05) is 0 Å². The van der Waals surface area contributed by atoms with Gasteiger partial charge in [-0.15, -0.1) is 0 Å². The second-order valence-corrected chi connectivity index (χ2v) is 21.6. The summed E-state index contributed by atoms with van der Waals surface area (Å²) in [5.74, 6) is -0.887. The number of rotatable bonds is 59. The lowest BCUT2D eigenvalue weighted by Gasteiger charge is -2.18. The summed E-state index contributed by atoms with van der Waals surface area (Å²) >= 11 is 0. The highest BCUT2D eigenvalue weighted by atomic mass is 16.6. The van der Waals surface area contributed by atoms with Gasteiger partial charge in [0.25, 0.3) is 0 Å². The van der Waals surface area contributed by atoms with E-state index < -0.39 is 6.10 Å². The third kappa shape index (κ3) is 62.9. The number of ether oxygens (including phenoxy) is 3. The number of carbonyl (C=O) groups is 3. The zero-order valence-electron chi connectivity index (χ0n) is 51.2. The molecule has 446 valence electrons. The fourth-order valence-electron chi connectivity index (χ4n) is 9.10. The summed E-state index contributed by atoms with van der Waals surface area (Å²) in [4.78, 5) is 38.1. The first-order valence-corrected chi connectivity index (χ1v) is 32.9. The molecule has 1 unspecified atom stereocenters. The van der Waals surface area contributed by atoms with Crippen molar-refractivity contribution in [3.8, 4) is 0 Å². The van der Waals surface area contributed by atoms with E-state index >= 15 is 0 Å². The van der Waals surface area contributed by atoms with Gasteiger partial charge in [0.1, 0.15) is 13.2 Å². The number of unbranched alkanes of at least 4 members (excludes halogenated alkanes) is 30. The lowest BCUT2D eigenvalue weighted by Crippen LogP contribution is -2.30. The van der Waals surface area contributed by atoms with Gasteiger partial charge < -0.3 is 14.2 Å². The van der Waals surface area contributed by atoms with Crippen LogP contribution in [0.2, 0.25) is 0 Å². The Morgan fingerprint density at radius 3 is 0.795 bits per heavy atom. The van der Waals surface area contributed by atoms with Crippen molar-refractivity contribution in [1.82, 2.24) is 0 Å². The number of carbonyl (C=O) groups excluding carboxylic acids is 3. The Labute approximate surface area is 482 Å². The minimum absolute atomic E-state index is 0.0785. The molecule has 0 aromatic rings. The van der Waals surface area contributed by atoms with Crippen LogP contribution in [0.4, 0.5) is 0 Å². The zero-order chi connectivity index (χ0) is 56.4. The van der Waals surface area contributed by atoms with Gasteiger partial charge in [0.15, 0.2) is 6.10 Å². The van der Waals surface area contributed by atoms with E-state index in [2.05, 4.69) is 130 Å². The first-order valence-electron chi connectivity index (χ1n) is 32.9. The van der Waals surface area contributed by atoms with Crippen molar-refractivity contribution in [2.75, 3.05) is 13.2 Å². The Hall–Kier alpha value is -3.93. The monoisotopic (exact) mass is 1080 g/mol. The molecule has 0 aromatic carbocycles. The summed E-state index contributed by atoms with van der Waals surface area (Å²) in [6.45, 7) is 6.49. The number of hydrogen-bond acceptors (Lipinski definition) is 6. The van der Waals surface area contributed by atoms with Gasteiger partial charge in [-0.25, -0.2) is 0 Å². The molecule has 0 spiro atoms. The van der Waals surface area contributed by atoms with Crippen LogP contribution in [0.1, 0.15) is 310 Å². The van der Waals surface area contributed by atoms with Gasteiger partial charge in [0, 0.05) is 19.3 Å². The average molecular weight is 1080 g/mol. The SMILES string of the molecule is CC/C=C\C/C=C\C/C=C\C/C=C\C/C=C\C/C=C\C/C=C\C/C=C\CCCCCCCCCCCCC(=O)OCC(COC(=O)CCCCCCCCC)OC(=O)CCCCCCCCC/C=C\CCCCCCCCC. The smallest absolute Gasteiger partial charge is 0.306 e. The summed E-state index contributed by atoms with van der Waals surface area (Å²) in [6, 6.07) is 0. The van der Waals surface area contributed by atoms with Crippen molar-refractivity contribution in [3.63, 3.8) is 0 Å². The standard InChI is InChI=1S/C72H122O6/c1-4-7-10-13-16-18-20-22-24-26-28-29-30-31-32-33-34-35-36-37-38-39-40-41-42-43-44-46-47-49-51-53-56-59-62-65-71(74)77-68-69(67-76-70(73)64-61-58-55-15-12-9-6-3)78-72(75)66-63-60-57-54-52-50-48-45-27-25-23-21-19-17-14-11-8-5-2/h7,10,16,18,22,24-25,27-29,31-32,34-35,37-38,40-41,69H,4-6,8-9,11-15,17,19-21,23,26,30,33,36,39,42-68H2,1-3H3/b10-7-,18-16-,24-22-,27-25-,29-28-,32-31-,35-34-,38-37-,41-40-. The first kappa shape index (κ1) is 74.1. The van der Waals surface area contributed by atoms with Crippen molar-refractivity contribution in [2.45, 2.75) is 316 Å². The molecule has 0 aliphatic heterocycles. The third-order valence-electron chi connectivity index (χ3n) is 14.0. The lowest BCUT2D eigenvalue weighted by molar-refractivity contribution is -0.167. The van der Waals surface area contributed by atoms with Gasteiger partial charge in [-0.3, -0.25) is 14.4 Å². The molecule has 78 heavy (non-hydrogen) atoms. The summed E-state index contributed by atoms with van der Waals surface area (Å²) in [6.07, 6.45) is 89.8. The topological polar surface area (TPSA) is 78.9 Å². The van der Waals surface area contributed by atoms with E-state index in [0.717, 1.165) is 109 Å². The highest BCUT2D eigenvalue weighted by molar-refractivity contribution is 5.71.